The van der Waals surface area contributed by atoms with E-state index in [0.29, 0.717) is 5.56 Å². The summed E-state index contributed by atoms with van der Waals surface area (Å²) in [4.78, 5) is 14.1. The fourth-order valence-corrected chi connectivity index (χ4v) is 1.86. The third kappa shape index (κ3) is 1.85. The molecule has 1 heterocycles. The molecule has 0 unspecified atom stereocenters. The highest BCUT2D eigenvalue weighted by Crippen LogP contribution is 2.26. The second-order valence-corrected chi connectivity index (χ2v) is 3.95. The zero-order valence-corrected chi connectivity index (χ0v) is 9.74. The molecule has 0 atom stereocenters. The molecule has 0 aliphatic rings. The van der Waals surface area contributed by atoms with E-state index in [1.54, 1.807) is 12.3 Å². The second-order valence-electron chi connectivity index (χ2n) is 3.95. The summed E-state index contributed by atoms with van der Waals surface area (Å²) in [5, 5.41) is 9.05. The fraction of sp³-hybridized carbons (Fsp3) is 0.143. The maximum Gasteiger partial charge on any atom is 0.266 e. The number of H-pyrrole nitrogens is 1. The maximum atomic E-state index is 11.6. The largest absolute Gasteiger partial charge is 0.328 e. The van der Waals surface area contributed by atoms with Crippen molar-refractivity contribution in [3.63, 3.8) is 0 Å². The summed E-state index contributed by atoms with van der Waals surface area (Å²) in [5.74, 6) is 0. The van der Waals surface area contributed by atoms with Crippen LogP contribution in [-0.2, 0) is 0 Å². The van der Waals surface area contributed by atoms with Gasteiger partial charge in [0.2, 0.25) is 0 Å². The molecule has 0 aliphatic heterocycles. The molecule has 1 N–H and O–H groups in total. The Morgan fingerprint density at radius 3 is 2.65 bits per heavy atom. The Bertz CT molecular complexity index is 663. The molecule has 1 aromatic carbocycles. The van der Waals surface area contributed by atoms with E-state index in [1.165, 1.54) is 0 Å². The summed E-state index contributed by atoms with van der Waals surface area (Å²) in [6.45, 7) is 4.01. The quantitative estimate of drug-likeness (QED) is 0.809. The summed E-state index contributed by atoms with van der Waals surface area (Å²) in [6.07, 6.45) is 1.57. The lowest BCUT2D eigenvalue weighted by atomic mass is 9.95. The number of aromatic amines is 1. The van der Waals surface area contributed by atoms with Gasteiger partial charge >= 0.3 is 0 Å². The molecular weight excluding hydrogens is 212 g/mol. The zero-order valence-electron chi connectivity index (χ0n) is 9.74. The molecular formula is C14H12N2O. The Balaban J connectivity index is 2.79. The summed E-state index contributed by atoms with van der Waals surface area (Å²) in [6, 6.07) is 9.60. The van der Waals surface area contributed by atoms with Crippen LogP contribution in [0, 0.1) is 25.2 Å². The Kier molecular flexibility index (Phi) is 2.80. The molecule has 0 aliphatic carbocycles. The van der Waals surface area contributed by atoms with Crippen molar-refractivity contribution >= 4 is 0 Å². The third-order valence-corrected chi connectivity index (χ3v) is 2.97. The van der Waals surface area contributed by atoms with E-state index < -0.39 is 0 Å². The van der Waals surface area contributed by atoms with E-state index >= 15 is 0 Å². The van der Waals surface area contributed by atoms with Crippen LogP contribution in [0.5, 0.6) is 0 Å². The fourth-order valence-electron chi connectivity index (χ4n) is 1.86. The van der Waals surface area contributed by atoms with Crippen molar-refractivity contribution in [2.75, 3.05) is 0 Å². The third-order valence-electron chi connectivity index (χ3n) is 2.97. The molecule has 0 fully saturated rings. The van der Waals surface area contributed by atoms with E-state index in [2.05, 4.69) is 4.98 Å². The SMILES string of the molecule is Cc1cccc(-c2cc[nH]c(=O)c2C#N)c1C. The molecule has 1 aromatic heterocycles. The van der Waals surface area contributed by atoms with Gasteiger partial charge in [0, 0.05) is 11.8 Å². The number of nitriles is 1. The molecule has 0 bridgehead atoms. The van der Waals surface area contributed by atoms with Crippen LogP contribution < -0.4 is 5.56 Å². The summed E-state index contributed by atoms with van der Waals surface area (Å²) < 4.78 is 0. The lowest BCUT2D eigenvalue weighted by Gasteiger charge is -2.09. The molecule has 0 saturated carbocycles. The number of nitrogens with one attached hydrogen (secondary N) is 1. The number of pyridine rings is 1. The van der Waals surface area contributed by atoms with Gasteiger partial charge < -0.3 is 4.98 Å². The van der Waals surface area contributed by atoms with Crippen LogP contribution in [0.2, 0.25) is 0 Å². The number of nitrogens with zero attached hydrogens (tertiary/aromatic N) is 1. The minimum absolute atomic E-state index is 0.168. The highest BCUT2D eigenvalue weighted by Gasteiger charge is 2.10. The minimum atomic E-state index is -0.342. The number of aryl methyl sites for hydroxylation is 1. The van der Waals surface area contributed by atoms with Gasteiger partial charge in [-0.3, -0.25) is 4.79 Å². The molecule has 3 nitrogen and oxygen atoms in total. The second kappa shape index (κ2) is 4.26. The number of hydrogen-bond acceptors (Lipinski definition) is 2. The molecule has 0 saturated heterocycles. The van der Waals surface area contributed by atoms with Crippen LogP contribution in [0.25, 0.3) is 11.1 Å². The lowest BCUT2D eigenvalue weighted by molar-refractivity contribution is 1.21. The smallest absolute Gasteiger partial charge is 0.266 e. The number of hydrogen-bond donors (Lipinski definition) is 1. The van der Waals surface area contributed by atoms with Crippen molar-refractivity contribution < 1.29 is 0 Å². The first-order chi connectivity index (χ1) is 8.15. The Labute approximate surface area is 99.4 Å². The topological polar surface area (TPSA) is 56.6 Å². The van der Waals surface area contributed by atoms with Gasteiger partial charge in [0.25, 0.3) is 5.56 Å². The monoisotopic (exact) mass is 224 g/mol. The first kappa shape index (κ1) is 11.2. The number of aromatic nitrogens is 1. The van der Waals surface area contributed by atoms with Crippen molar-refractivity contribution in [2.24, 2.45) is 0 Å². The Morgan fingerprint density at radius 2 is 1.94 bits per heavy atom. The van der Waals surface area contributed by atoms with Gasteiger partial charge in [0.15, 0.2) is 0 Å². The summed E-state index contributed by atoms with van der Waals surface area (Å²) in [5.41, 5.74) is 3.69. The standard InChI is InChI=1S/C14H12N2O/c1-9-4-3-5-11(10(9)2)12-6-7-16-14(17)13(12)8-15/h3-7H,1-2H3,(H,16,17). The molecule has 0 radical (unpaired) electrons. The minimum Gasteiger partial charge on any atom is -0.328 e. The molecule has 17 heavy (non-hydrogen) atoms. The molecule has 0 amide bonds. The van der Waals surface area contributed by atoms with Crippen molar-refractivity contribution in [1.29, 1.82) is 5.26 Å². The average molecular weight is 224 g/mol. The molecule has 2 rings (SSSR count). The highest BCUT2D eigenvalue weighted by molar-refractivity contribution is 5.73. The van der Waals surface area contributed by atoms with Crippen LogP contribution in [0.15, 0.2) is 35.3 Å². The van der Waals surface area contributed by atoms with Crippen molar-refractivity contribution in [3.05, 3.63) is 57.5 Å². The number of benzene rings is 1. The normalized spacial score (nSPS) is 9.94. The lowest BCUT2D eigenvalue weighted by Crippen LogP contribution is -2.10. The van der Waals surface area contributed by atoms with Gasteiger partial charge in [0.05, 0.1) is 0 Å². The van der Waals surface area contributed by atoms with Gasteiger partial charge in [-0.25, -0.2) is 0 Å². The number of rotatable bonds is 1. The van der Waals surface area contributed by atoms with E-state index in [1.807, 2.05) is 38.1 Å². The molecule has 3 heteroatoms. The van der Waals surface area contributed by atoms with Gasteiger partial charge in [-0.05, 0) is 36.6 Å². The van der Waals surface area contributed by atoms with E-state index in [4.69, 9.17) is 5.26 Å². The average Bonchev–Trinajstić information content (AvgIpc) is 2.32. The highest BCUT2D eigenvalue weighted by atomic mass is 16.1. The predicted octanol–water partition coefficient (Wildman–Crippen LogP) is 2.53. The van der Waals surface area contributed by atoms with Gasteiger partial charge in [0.1, 0.15) is 11.6 Å². The van der Waals surface area contributed by atoms with Crippen LogP contribution in [0.4, 0.5) is 0 Å². The summed E-state index contributed by atoms with van der Waals surface area (Å²) in [7, 11) is 0. The first-order valence-corrected chi connectivity index (χ1v) is 5.33. The summed E-state index contributed by atoms with van der Waals surface area (Å²) >= 11 is 0. The van der Waals surface area contributed by atoms with Crippen LogP contribution in [0.1, 0.15) is 16.7 Å². The van der Waals surface area contributed by atoms with Crippen LogP contribution in [-0.4, -0.2) is 4.98 Å². The van der Waals surface area contributed by atoms with Crippen molar-refractivity contribution in [3.8, 4) is 17.2 Å². The van der Waals surface area contributed by atoms with E-state index in [9.17, 15) is 4.79 Å². The van der Waals surface area contributed by atoms with Gasteiger partial charge in [-0.1, -0.05) is 18.2 Å². The van der Waals surface area contributed by atoms with E-state index in [0.717, 1.165) is 16.7 Å². The van der Waals surface area contributed by atoms with Gasteiger partial charge in [-0.2, -0.15) is 5.26 Å². The van der Waals surface area contributed by atoms with Crippen molar-refractivity contribution in [2.45, 2.75) is 13.8 Å². The first-order valence-electron chi connectivity index (χ1n) is 5.33. The van der Waals surface area contributed by atoms with E-state index in [-0.39, 0.29) is 11.1 Å². The van der Waals surface area contributed by atoms with Gasteiger partial charge in [-0.15, -0.1) is 0 Å². The zero-order chi connectivity index (χ0) is 12.4. The molecule has 84 valence electrons. The maximum absolute atomic E-state index is 11.6. The molecule has 2 aromatic rings. The van der Waals surface area contributed by atoms with Crippen molar-refractivity contribution in [1.82, 2.24) is 4.98 Å². The van der Waals surface area contributed by atoms with Crippen LogP contribution >= 0.6 is 0 Å². The Hall–Kier alpha value is -2.34. The Morgan fingerprint density at radius 1 is 1.18 bits per heavy atom. The van der Waals surface area contributed by atoms with Crippen LogP contribution in [0.3, 0.4) is 0 Å². The molecule has 0 spiro atoms. The predicted molar refractivity (Wildman–Crippen MR) is 66.7 cm³/mol.